The summed E-state index contributed by atoms with van der Waals surface area (Å²) in [7, 11) is 7.26. The Balaban J connectivity index is 0.000000113. The van der Waals surface area contributed by atoms with Crippen molar-refractivity contribution in [1.82, 2.24) is 104 Å². The molecule has 0 saturated heterocycles. The van der Waals surface area contributed by atoms with Gasteiger partial charge in [0, 0.05) is 70.3 Å². The van der Waals surface area contributed by atoms with Crippen LogP contribution in [-0.2, 0) is 54.4 Å². The molecule has 8 aromatic carbocycles. The van der Waals surface area contributed by atoms with E-state index in [4.69, 9.17) is 10.2 Å². The summed E-state index contributed by atoms with van der Waals surface area (Å²) in [5.41, 5.74) is 15.7. The van der Waals surface area contributed by atoms with Crippen LogP contribution in [0, 0.1) is 32.4 Å². The molecular formula is C70H63F2N21. The molecule has 16 rings (SSSR count). The van der Waals surface area contributed by atoms with E-state index in [1.807, 2.05) is 171 Å². The maximum atomic E-state index is 14.4. The van der Waals surface area contributed by atoms with Gasteiger partial charge in [-0.2, -0.15) is 35.1 Å². The molecule has 23 heteroatoms. The molecule has 0 N–H and O–H groups in total. The highest BCUT2D eigenvalue weighted by Gasteiger charge is 2.21. The fraction of sp³-hybridized carbons (Fsp3) is 0.157. The molecule has 0 atom stereocenters. The van der Waals surface area contributed by atoms with Crippen LogP contribution in [0.4, 0.5) is 8.78 Å². The van der Waals surface area contributed by atoms with Crippen LogP contribution in [-0.4, -0.2) is 104 Å². The van der Waals surface area contributed by atoms with E-state index in [0.717, 1.165) is 88.8 Å². The van der Waals surface area contributed by atoms with Crippen LogP contribution in [0.3, 0.4) is 0 Å². The molecule has 0 aliphatic rings. The van der Waals surface area contributed by atoms with E-state index in [1.54, 1.807) is 35.6 Å². The van der Waals surface area contributed by atoms with Crippen LogP contribution < -0.4 is 0 Å². The monoisotopic (exact) mass is 1240 g/mol. The Labute approximate surface area is 532 Å². The molecular weight excluding hydrogens is 1170 g/mol. The smallest absolute Gasteiger partial charge is 0.196 e. The molecule has 0 aliphatic heterocycles. The number of fused-ring (bicyclic) bond motifs is 4. The summed E-state index contributed by atoms with van der Waals surface area (Å²) < 4.78 is 40.0. The number of hydrogen-bond donors (Lipinski definition) is 0. The standard InChI is InChI=1S/C18H17FN6.C18H16N4.C17H15FN6.C17H15N5/c1-11-7-8-15(19)14(9-11)17-13-6-4-5-12(2)18(13)25(22-17)10-16-20-23-24(3)21-16;1-21-15(11-12-19-21)13-22-17-10-6-5-9-16(17)18(20-22)14-7-3-2-4-8-14;1-11-7-8-14(18)13(9-11)17-12-5-3-4-6-15(12)24(21-17)10-16-19-22-23(2)20-16;1-21-11-14(18-20-21)12-22-16-10-6-5-9-15(16)17(19-22)13-7-3-2-4-8-13/h4-9H,10H2,1-3H3;2-12H,13H2,1H3;3-9H,10H2,1-2H3;2-11H,12H2,1H3. The number of aromatic nitrogens is 21. The van der Waals surface area contributed by atoms with Crippen LogP contribution >= 0.6 is 0 Å². The van der Waals surface area contributed by atoms with Crippen LogP contribution in [0.1, 0.15) is 39.7 Å². The summed E-state index contributed by atoms with van der Waals surface area (Å²) in [6.07, 6.45) is 3.73. The number of hydrogen-bond acceptors (Lipinski definition) is 13. The lowest BCUT2D eigenvalue weighted by Gasteiger charge is -2.03. The van der Waals surface area contributed by atoms with Crippen molar-refractivity contribution < 1.29 is 8.78 Å². The number of benzene rings is 8. The zero-order valence-corrected chi connectivity index (χ0v) is 52.1. The van der Waals surface area contributed by atoms with Crippen LogP contribution in [0.2, 0.25) is 0 Å². The normalized spacial score (nSPS) is 11.2. The first kappa shape index (κ1) is 59.9. The van der Waals surface area contributed by atoms with Crippen molar-refractivity contribution in [3.63, 3.8) is 0 Å². The molecule has 0 aliphatic carbocycles. The average molecular weight is 1240 g/mol. The maximum Gasteiger partial charge on any atom is 0.196 e. The third-order valence-corrected chi connectivity index (χ3v) is 15.7. The molecule has 0 spiro atoms. The first-order valence-corrected chi connectivity index (χ1v) is 30.0. The number of halogens is 2. The van der Waals surface area contributed by atoms with Gasteiger partial charge >= 0.3 is 0 Å². The Bertz CT molecular complexity index is 5260. The second-order valence-electron chi connectivity index (χ2n) is 22.5. The summed E-state index contributed by atoms with van der Waals surface area (Å²) in [5, 5.41) is 59.6. The molecule has 462 valence electrons. The lowest BCUT2D eigenvalue weighted by molar-refractivity contribution is 0.619. The van der Waals surface area contributed by atoms with E-state index < -0.39 is 0 Å². The van der Waals surface area contributed by atoms with E-state index in [1.165, 1.54) is 27.1 Å². The van der Waals surface area contributed by atoms with Crippen molar-refractivity contribution >= 4 is 43.6 Å². The second-order valence-corrected chi connectivity index (χ2v) is 22.5. The highest BCUT2D eigenvalue weighted by molar-refractivity contribution is 5.97. The SMILES string of the molecule is Cc1ccc(F)c(-c2nn(Cc3nnn(C)n3)c3c(C)cccc23)c1.Cc1ccc(F)c(-c2nn(Cc3nnn(C)n3)c3ccccc23)c1.Cn1cc(Cn2nc(-c3ccccc3)c3ccccc32)nn1.Cn1nccc1Cn1nc(-c2ccccc2)c2ccccc21. The number of tetrazole rings is 2. The van der Waals surface area contributed by atoms with Crippen molar-refractivity contribution in [1.29, 1.82) is 0 Å². The third-order valence-electron chi connectivity index (χ3n) is 15.7. The maximum absolute atomic E-state index is 14.4. The van der Waals surface area contributed by atoms with E-state index in [0.29, 0.717) is 60.3 Å². The summed E-state index contributed by atoms with van der Waals surface area (Å²) >= 11 is 0. The molecule has 0 radical (unpaired) electrons. The van der Waals surface area contributed by atoms with Gasteiger partial charge in [0.15, 0.2) is 11.6 Å². The average Bonchev–Trinajstić information content (AvgIpc) is 1.70. The lowest BCUT2D eigenvalue weighted by Crippen LogP contribution is -2.06. The Morgan fingerprint density at radius 3 is 1.33 bits per heavy atom. The fourth-order valence-corrected chi connectivity index (χ4v) is 11.3. The fourth-order valence-electron chi connectivity index (χ4n) is 11.3. The molecule has 0 unspecified atom stereocenters. The molecule has 93 heavy (non-hydrogen) atoms. The van der Waals surface area contributed by atoms with Crippen molar-refractivity contribution in [3.05, 3.63) is 258 Å². The van der Waals surface area contributed by atoms with Crippen molar-refractivity contribution in [2.45, 2.75) is 47.0 Å². The molecule has 0 amide bonds. The predicted octanol–water partition coefficient (Wildman–Crippen LogP) is 12.1. The van der Waals surface area contributed by atoms with Gasteiger partial charge in [0.05, 0.1) is 54.9 Å². The van der Waals surface area contributed by atoms with E-state index in [9.17, 15) is 8.78 Å². The second kappa shape index (κ2) is 26.2. The van der Waals surface area contributed by atoms with Crippen LogP contribution in [0.15, 0.2) is 207 Å². The van der Waals surface area contributed by atoms with Gasteiger partial charge in [-0.15, -0.1) is 25.5 Å². The van der Waals surface area contributed by atoms with Gasteiger partial charge in [0.25, 0.3) is 0 Å². The van der Waals surface area contributed by atoms with Crippen LogP contribution in [0.25, 0.3) is 88.6 Å². The summed E-state index contributed by atoms with van der Waals surface area (Å²) in [4.78, 5) is 2.82. The first-order valence-electron chi connectivity index (χ1n) is 30.0. The zero-order valence-electron chi connectivity index (χ0n) is 52.1. The minimum atomic E-state index is -0.284. The van der Waals surface area contributed by atoms with Gasteiger partial charge < -0.3 is 0 Å². The molecule has 0 bridgehead atoms. The molecule has 0 saturated carbocycles. The van der Waals surface area contributed by atoms with Crippen molar-refractivity contribution in [3.8, 4) is 45.0 Å². The van der Waals surface area contributed by atoms with Gasteiger partial charge in [-0.3, -0.25) is 28.1 Å². The first-order chi connectivity index (χ1) is 45.3. The highest BCUT2D eigenvalue weighted by Crippen LogP contribution is 2.35. The summed E-state index contributed by atoms with van der Waals surface area (Å²) in [6.45, 7) is 7.97. The minimum Gasteiger partial charge on any atom is -0.271 e. The Morgan fingerprint density at radius 2 is 0.839 bits per heavy atom. The Hall–Kier alpha value is -12.0. The Morgan fingerprint density at radius 1 is 0.387 bits per heavy atom. The summed E-state index contributed by atoms with van der Waals surface area (Å²) in [5.74, 6) is 0.554. The molecule has 8 heterocycles. The Kier molecular flexibility index (Phi) is 16.9. The van der Waals surface area contributed by atoms with E-state index in [2.05, 4.69) is 122 Å². The van der Waals surface area contributed by atoms with Crippen LogP contribution in [0.5, 0.6) is 0 Å². The van der Waals surface area contributed by atoms with Gasteiger partial charge in [0.1, 0.15) is 53.2 Å². The highest BCUT2D eigenvalue weighted by atomic mass is 19.1. The molecule has 16 aromatic rings. The molecule has 21 nitrogen and oxygen atoms in total. The number of para-hydroxylation sites is 4. The lowest BCUT2D eigenvalue weighted by atomic mass is 10.0. The predicted molar refractivity (Wildman–Crippen MR) is 353 cm³/mol. The van der Waals surface area contributed by atoms with Gasteiger partial charge in [-0.25, -0.2) is 8.78 Å². The zero-order chi connectivity index (χ0) is 64.1. The van der Waals surface area contributed by atoms with Crippen molar-refractivity contribution in [2.24, 2.45) is 28.2 Å². The minimum absolute atomic E-state index is 0.281. The van der Waals surface area contributed by atoms with E-state index in [-0.39, 0.29) is 11.6 Å². The van der Waals surface area contributed by atoms with E-state index >= 15 is 0 Å². The summed E-state index contributed by atoms with van der Waals surface area (Å²) in [6, 6.07) is 63.0. The van der Waals surface area contributed by atoms with Gasteiger partial charge in [-0.05, 0) is 85.3 Å². The number of nitrogens with zero attached hydrogens (tertiary/aromatic N) is 21. The van der Waals surface area contributed by atoms with Gasteiger partial charge in [-0.1, -0.05) is 162 Å². The number of rotatable bonds is 12. The van der Waals surface area contributed by atoms with Gasteiger partial charge in [0.2, 0.25) is 0 Å². The topological polar surface area (TPSA) is 207 Å². The van der Waals surface area contributed by atoms with Crippen molar-refractivity contribution in [2.75, 3.05) is 0 Å². The molecule has 8 aromatic heterocycles. The number of aryl methyl sites for hydroxylation is 7. The quantitative estimate of drug-likeness (QED) is 0.112. The third kappa shape index (κ3) is 12.9. The largest absolute Gasteiger partial charge is 0.271 e. The molecule has 0 fully saturated rings.